The molecule has 1 heterocycles. The number of rotatable bonds is 10. The van der Waals surface area contributed by atoms with Gasteiger partial charge in [0.1, 0.15) is 17.4 Å². The van der Waals surface area contributed by atoms with E-state index in [1.165, 1.54) is 13.0 Å². The molecule has 3 N–H and O–H groups in total. The number of aryl methyl sites for hydroxylation is 2. The van der Waals surface area contributed by atoms with Crippen LogP contribution < -0.4 is 15.7 Å². The minimum absolute atomic E-state index is 0.297. The van der Waals surface area contributed by atoms with Crippen LogP contribution in [-0.4, -0.2) is 40.2 Å². The van der Waals surface area contributed by atoms with E-state index in [1.807, 2.05) is 0 Å². The molecule has 0 unspecified atom stereocenters. The van der Waals surface area contributed by atoms with E-state index in [1.54, 1.807) is 19.1 Å². The maximum Gasteiger partial charge on any atom is 0.336 e. The fourth-order valence-electron chi connectivity index (χ4n) is 3.02. The SMILES string of the molecule is CCCCc1cc(=O)oc2c(C)c(O[C@H](C)C(=O)N[C@@H](CC(=O)O)C(=O)O)ccc12. The minimum Gasteiger partial charge on any atom is -0.481 e. The van der Waals surface area contributed by atoms with Gasteiger partial charge in [0.15, 0.2) is 6.10 Å². The van der Waals surface area contributed by atoms with Crippen molar-refractivity contribution in [3.8, 4) is 5.75 Å². The van der Waals surface area contributed by atoms with Gasteiger partial charge in [0.2, 0.25) is 0 Å². The van der Waals surface area contributed by atoms with Crippen LogP contribution in [0.2, 0.25) is 0 Å². The summed E-state index contributed by atoms with van der Waals surface area (Å²) in [7, 11) is 0. The lowest BCUT2D eigenvalue weighted by molar-refractivity contribution is -0.147. The quantitative estimate of drug-likeness (QED) is 0.498. The molecule has 0 saturated carbocycles. The molecule has 9 nitrogen and oxygen atoms in total. The molecule has 0 aliphatic heterocycles. The Kier molecular flexibility index (Phi) is 7.57. The number of hydrogen-bond donors (Lipinski definition) is 3. The second kappa shape index (κ2) is 9.91. The predicted molar refractivity (Wildman–Crippen MR) is 108 cm³/mol. The molecule has 0 aliphatic rings. The van der Waals surface area contributed by atoms with E-state index in [-0.39, 0.29) is 0 Å². The van der Waals surface area contributed by atoms with Crippen molar-refractivity contribution in [2.75, 3.05) is 0 Å². The van der Waals surface area contributed by atoms with Gasteiger partial charge in [-0.15, -0.1) is 0 Å². The lowest BCUT2D eigenvalue weighted by atomic mass is 10.0. The largest absolute Gasteiger partial charge is 0.481 e. The van der Waals surface area contributed by atoms with Crippen molar-refractivity contribution in [3.63, 3.8) is 0 Å². The Morgan fingerprint density at radius 3 is 2.53 bits per heavy atom. The second-order valence-electron chi connectivity index (χ2n) is 7.02. The lowest BCUT2D eigenvalue weighted by Gasteiger charge is -2.19. The van der Waals surface area contributed by atoms with E-state index in [4.69, 9.17) is 19.4 Å². The number of benzene rings is 1. The maximum atomic E-state index is 12.3. The smallest absolute Gasteiger partial charge is 0.336 e. The molecule has 2 atom stereocenters. The van der Waals surface area contributed by atoms with Crippen LogP contribution in [0.1, 0.15) is 44.2 Å². The summed E-state index contributed by atoms with van der Waals surface area (Å²) in [5, 5.41) is 20.8. The summed E-state index contributed by atoms with van der Waals surface area (Å²) in [4.78, 5) is 46.1. The number of amides is 1. The van der Waals surface area contributed by atoms with Gasteiger partial charge in [-0.1, -0.05) is 13.3 Å². The van der Waals surface area contributed by atoms with Crippen molar-refractivity contribution < 1.29 is 33.8 Å². The van der Waals surface area contributed by atoms with Crippen molar-refractivity contribution >= 4 is 28.8 Å². The van der Waals surface area contributed by atoms with Crippen LogP contribution in [-0.2, 0) is 20.8 Å². The van der Waals surface area contributed by atoms with Crippen LogP contribution in [0.5, 0.6) is 5.75 Å². The topological polar surface area (TPSA) is 143 Å². The number of hydrogen-bond acceptors (Lipinski definition) is 6. The van der Waals surface area contributed by atoms with Gasteiger partial charge >= 0.3 is 17.6 Å². The van der Waals surface area contributed by atoms with E-state index in [0.717, 1.165) is 30.2 Å². The average molecular weight is 419 g/mol. The third-order valence-corrected chi connectivity index (χ3v) is 4.66. The van der Waals surface area contributed by atoms with Crippen LogP contribution >= 0.6 is 0 Å². The molecule has 0 spiro atoms. The highest BCUT2D eigenvalue weighted by molar-refractivity contribution is 5.89. The molecule has 9 heteroatoms. The van der Waals surface area contributed by atoms with Gasteiger partial charge in [-0.3, -0.25) is 9.59 Å². The van der Waals surface area contributed by atoms with E-state index in [0.29, 0.717) is 16.9 Å². The number of unbranched alkanes of at least 4 members (excludes halogenated alkanes) is 1. The first-order valence-electron chi connectivity index (χ1n) is 9.62. The summed E-state index contributed by atoms with van der Waals surface area (Å²) in [5.74, 6) is -3.29. The fraction of sp³-hybridized carbons (Fsp3) is 0.429. The van der Waals surface area contributed by atoms with Crippen LogP contribution in [0.3, 0.4) is 0 Å². The number of carbonyl (C=O) groups excluding carboxylic acids is 1. The summed E-state index contributed by atoms with van der Waals surface area (Å²) >= 11 is 0. The van der Waals surface area contributed by atoms with E-state index >= 15 is 0 Å². The molecule has 1 aromatic heterocycles. The molecule has 162 valence electrons. The summed E-state index contributed by atoms with van der Waals surface area (Å²) in [6, 6.07) is 3.31. The van der Waals surface area contributed by atoms with Crippen molar-refractivity contribution in [2.24, 2.45) is 0 Å². The second-order valence-corrected chi connectivity index (χ2v) is 7.02. The lowest BCUT2D eigenvalue weighted by Crippen LogP contribution is -2.47. The molecular weight excluding hydrogens is 394 g/mol. The van der Waals surface area contributed by atoms with Gasteiger partial charge in [0.25, 0.3) is 5.91 Å². The Morgan fingerprint density at radius 2 is 1.93 bits per heavy atom. The highest BCUT2D eigenvalue weighted by Crippen LogP contribution is 2.29. The minimum atomic E-state index is -1.57. The Balaban J connectivity index is 2.25. The number of carboxylic acids is 2. The van der Waals surface area contributed by atoms with Crippen molar-refractivity contribution in [1.29, 1.82) is 0 Å². The zero-order valence-corrected chi connectivity index (χ0v) is 17.1. The monoisotopic (exact) mass is 419 g/mol. The van der Waals surface area contributed by atoms with Crippen LogP contribution in [0.25, 0.3) is 11.0 Å². The van der Waals surface area contributed by atoms with E-state index in [9.17, 15) is 19.2 Å². The Bertz CT molecular complexity index is 1010. The van der Waals surface area contributed by atoms with Gasteiger partial charge in [0.05, 0.1) is 6.42 Å². The van der Waals surface area contributed by atoms with Crippen LogP contribution in [0.4, 0.5) is 0 Å². The molecule has 0 fully saturated rings. The number of carbonyl (C=O) groups is 3. The molecule has 0 bridgehead atoms. The van der Waals surface area contributed by atoms with E-state index < -0.39 is 42.0 Å². The zero-order chi connectivity index (χ0) is 22.4. The molecule has 1 amide bonds. The third kappa shape index (κ3) is 5.59. The first kappa shape index (κ1) is 22.9. The standard InChI is InChI=1S/C21H25NO8/c1-4-5-6-13-9-18(25)30-19-11(2)16(8-7-14(13)19)29-12(3)20(26)22-15(21(27)28)10-17(23)24/h7-9,12,15H,4-6,10H2,1-3H3,(H,22,26)(H,23,24)(H,27,28)/t12-,15+/m1/s1. The van der Waals surface area contributed by atoms with Crippen molar-refractivity contribution in [2.45, 2.75) is 58.6 Å². The van der Waals surface area contributed by atoms with Crippen LogP contribution in [0, 0.1) is 6.92 Å². The highest BCUT2D eigenvalue weighted by Gasteiger charge is 2.26. The fourth-order valence-corrected chi connectivity index (χ4v) is 3.02. The number of carboxylic acid groups (broad SMARTS) is 2. The average Bonchev–Trinajstić information content (AvgIpc) is 2.67. The van der Waals surface area contributed by atoms with Gasteiger partial charge in [-0.2, -0.15) is 0 Å². The summed E-state index contributed by atoms with van der Waals surface area (Å²) in [6.45, 7) is 5.16. The molecule has 0 radical (unpaired) electrons. The van der Waals surface area contributed by atoms with Crippen molar-refractivity contribution in [1.82, 2.24) is 5.32 Å². The first-order valence-corrected chi connectivity index (χ1v) is 9.62. The predicted octanol–water partition coefficient (Wildman–Crippen LogP) is 2.26. The maximum absolute atomic E-state index is 12.3. The van der Waals surface area contributed by atoms with E-state index in [2.05, 4.69) is 12.2 Å². The molecule has 2 aromatic rings. The molecule has 2 rings (SSSR count). The number of nitrogens with one attached hydrogen (secondary N) is 1. The molecule has 1 aromatic carbocycles. The Hall–Kier alpha value is -3.36. The zero-order valence-electron chi connectivity index (χ0n) is 17.1. The molecule has 30 heavy (non-hydrogen) atoms. The summed E-state index contributed by atoms with van der Waals surface area (Å²) in [6.07, 6.45) is 0.778. The number of ether oxygens (including phenoxy) is 1. The third-order valence-electron chi connectivity index (χ3n) is 4.66. The van der Waals surface area contributed by atoms with Gasteiger partial charge < -0.3 is 24.7 Å². The first-order chi connectivity index (χ1) is 14.1. The van der Waals surface area contributed by atoms with Gasteiger partial charge in [0, 0.05) is 17.0 Å². The van der Waals surface area contributed by atoms with Gasteiger partial charge in [-0.25, -0.2) is 9.59 Å². The van der Waals surface area contributed by atoms with Gasteiger partial charge in [-0.05, 0) is 44.4 Å². The Labute approximate surface area is 172 Å². The van der Waals surface area contributed by atoms with Crippen molar-refractivity contribution in [3.05, 3.63) is 39.7 Å². The Morgan fingerprint density at radius 1 is 1.23 bits per heavy atom. The van der Waals surface area contributed by atoms with Crippen LogP contribution in [0.15, 0.2) is 27.4 Å². The summed E-state index contributed by atoms with van der Waals surface area (Å²) < 4.78 is 11.0. The molecule has 0 aliphatic carbocycles. The normalized spacial score (nSPS) is 12.9. The molecule has 0 saturated heterocycles. The molecular formula is C21H25NO8. The number of fused-ring (bicyclic) bond motifs is 1. The summed E-state index contributed by atoms with van der Waals surface area (Å²) in [5.41, 5.74) is 1.30. The highest BCUT2D eigenvalue weighted by atomic mass is 16.5. The number of aliphatic carboxylic acids is 2.